The van der Waals surface area contributed by atoms with Crippen LogP contribution in [0.4, 0.5) is 11.4 Å². The van der Waals surface area contributed by atoms with Crippen molar-refractivity contribution < 1.29 is 28.7 Å². The Morgan fingerprint density at radius 1 is 0.720 bits per heavy atom. The van der Waals surface area contributed by atoms with Gasteiger partial charge in [-0.1, -0.05) is 66.7 Å². The molecule has 0 bridgehead atoms. The molecule has 0 aliphatic heterocycles. The lowest BCUT2D eigenvalue weighted by Gasteiger charge is -2.18. The largest absolute Gasteiger partial charge is 0.497 e. The topological polar surface area (TPSA) is 123 Å². The zero-order chi connectivity index (χ0) is 35.3. The summed E-state index contributed by atoms with van der Waals surface area (Å²) in [7, 11) is 1.55. The third-order valence-corrected chi connectivity index (χ3v) is 8.53. The van der Waals surface area contributed by atoms with Crippen LogP contribution in [0, 0.1) is 0 Å². The van der Waals surface area contributed by atoms with Gasteiger partial charge in [0.15, 0.2) is 0 Å². The highest BCUT2D eigenvalue weighted by Gasteiger charge is 2.23. The highest BCUT2D eigenvalue weighted by atomic mass is 32.2. The lowest BCUT2D eigenvalue weighted by molar-refractivity contribution is -0.116. The summed E-state index contributed by atoms with van der Waals surface area (Å²) >= 11 is 1.31. The lowest BCUT2D eigenvalue weighted by atomic mass is 10.1. The van der Waals surface area contributed by atoms with Gasteiger partial charge in [-0.3, -0.25) is 14.4 Å². The first-order valence-electron chi connectivity index (χ1n) is 15.8. The molecule has 5 aromatic rings. The zero-order valence-electron chi connectivity index (χ0n) is 27.4. The molecule has 0 saturated heterocycles. The number of benzene rings is 5. The summed E-state index contributed by atoms with van der Waals surface area (Å²) in [6.45, 7) is 2.01. The van der Waals surface area contributed by atoms with Crippen LogP contribution in [0.5, 0.6) is 5.75 Å². The van der Waals surface area contributed by atoms with E-state index in [9.17, 15) is 19.2 Å². The Morgan fingerprint density at radius 2 is 1.42 bits per heavy atom. The molecule has 3 amide bonds. The molecule has 0 aliphatic rings. The highest BCUT2D eigenvalue weighted by molar-refractivity contribution is 8.00. The van der Waals surface area contributed by atoms with Crippen molar-refractivity contribution in [3.8, 4) is 5.75 Å². The molecular formula is C40H35N3O6S. The summed E-state index contributed by atoms with van der Waals surface area (Å²) in [6, 6.07) is 38.7. The van der Waals surface area contributed by atoms with E-state index in [-0.39, 0.29) is 18.2 Å². The van der Waals surface area contributed by atoms with Gasteiger partial charge < -0.3 is 25.4 Å². The highest BCUT2D eigenvalue weighted by Crippen LogP contribution is 2.37. The lowest BCUT2D eigenvalue weighted by Crippen LogP contribution is -2.30. The molecule has 1 unspecified atom stereocenters. The fourth-order valence-electron chi connectivity index (χ4n) is 4.83. The van der Waals surface area contributed by atoms with Gasteiger partial charge in [-0.2, -0.15) is 0 Å². The molecule has 0 fully saturated rings. The fourth-order valence-corrected chi connectivity index (χ4v) is 5.92. The summed E-state index contributed by atoms with van der Waals surface area (Å²) in [4.78, 5) is 53.2. The van der Waals surface area contributed by atoms with Crippen molar-refractivity contribution in [1.82, 2.24) is 5.32 Å². The monoisotopic (exact) mass is 685 g/mol. The minimum atomic E-state index is -0.652. The number of carbonyl (C=O) groups is 4. The van der Waals surface area contributed by atoms with E-state index in [1.165, 1.54) is 11.8 Å². The Hall–Kier alpha value is -6.13. The van der Waals surface area contributed by atoms with E-state index in [2.05, 4.69) is 16.0 Å². The molecule has 0 aliphatic carbocycles. The van der Waals surface area contributed by atoms with Crippen molar-refractivity contribution in [3.05, 3.63) is 161 Å². The fraction of sp³-hybridized carbons (Fsp3) is 0.100. The van der Waals surface area contributed by atoms with Gasteiger partial charge in [0.2, 0.25) is 5.91 Å². The number of thioether (sulfide) groups is 1. The van der Waals surface area contributed by atoms with E-state index in [1.54, 1.807) is 117 Å². The van der Waals surface area contributed by atoms with E-state index < -0.39 is 23.0 Å². The van der Waals surface area contributed by atoms with Crippen molar-refractivity contribution >= 4 is 52.9 Å². The molecule has 5 aromatic carbocycles. The zero-order valence-corrected chi connectivity index (χ0v) is 28.2. The Bertz CT molecular complexity index is 1980. The number of rotatable bonds is 13. The molecule has 50 heavy (non-hydrogen) atoms. The van der Waals surface area contributed by atoms with Gasteiger partial charge in [0.1, 0.15) is 16.7 Å². The third-order valence-electron chi connectivity index (χ3n) is 7.28. The maximum absolute atomic E-state index is 13.7. The number of amides is 3. The molecule has 9 nitrogen and oxygen atoms in total. The predicted molar refractivity (Wildman–Crippen MR) is 196 cm³/mol. The maximum Gasteiger partial charge on any atom is 0.338 e. The van der Waals surface area contributed by atoms with E-state index in [4.69, 9.17) is 9.47 Å². The minimum absolute atomic E-state index is 0.0284. The Morgan fingerprint density at radius 3 is 2.12 bits per heavy atom. The van der Waals surface area contributed by atoms with Crippen molar-refractivity contribution in [2.45, 2.75) is 17.1 Å². The van der Waals surface area contributed by atoms with Gasteiger partial charge in [-0.25, -0.2) is 4.79 Å². The third kappa shape index (κ3) is 9.71. The molecule has 10 heteroatoms. The minimum Gasteiger partial charge on any atom is -0.497 e. The molecule has 0 radical (unpaired) electrons. The summed E-state index contributed by atoms with van der Waals surface area (Å²) in [5.74, 6) is -1.08. The quantitative estimate of drug-likeness (QED) is 0.0658. The SMILES string of the molecule is CCOC(=O)c1ccc(NC(=O)C(Sc2cccc(NC(=O)/C(=C/c3cccc(OC)c3)NC(=O)c3ccccc3)c2)c2ccccc2)cc1. The van der Waals surface area contributed by atoms with Crippen molar-refractivity contribution in [2.24, 2.45) is 0 Å². The Balaban J connectivity index is 1.36. The van der Waals surface area contributed by atoms with Crippen LogP contribution in [-0.2, 0) is 14.3 Å². The molecule has 0 aromatic heterocycles. The number of methoxy groups -OCH3 is 1. The molecule has 3 N–H and O–H groups in total. The number of nitrogens with one attached hydrogen (secondary N) is 3. The molecule has 5 rings (SSSR count). The van der Waals surface area contributed by atoms with Gasteiger partial charge in [-0.05, 0) is 90.9 Å². The first-order chi connectivity index (χ1) is 24.3. The second-order valence-electron chi connectivity index (χ2n) is 10.8. The number of esters is 1. The van der Waals surface area contributed by atoms with Crippen LogP contribution in [0.1, 0.15) is 44.0 Å². The van der Waals surface area contributed by atoms with Crippen molar-refractivity contribution in [3.63, 3.8) is 0 Å². The molecule has 252 valence electrons. The summed E-state index contributed by atoms with van der Waals surface area (Å²) in [6.07, 6.45) is 1.58. The summed E-state index contributed by atoms with van der Waals surface area (Å²) in [5.41, 5.74) is 3.24. The van der Waals surface area contributed by atoms with Crippen LogP contribution in [0.2, 0.25) is 0 Å². The maximum atomic E-state index is 13.7. The van der Waals surface area contributed by atoms with Crippen LogP contribution >= 0.6 is 11.8 Å². The van der Waals surface area contributed by atoms with E-state index in [0.29, 0.717) is 33.8 Å². The van der Waals surface area contributed by atoms with E-state index in [1.807, 2.05) is 36.4 Å². The predicted octanol–water partition coefficient (Wildman–Crippen LogP) is 7.75. The van der Waals surface area contributed by atoms with Crippen LogP contribution in [0.25, 0.3) is 6.08 Å². The van der Waals surface area contributed by atoms with Gasteiger partial charge in [0.25, 0.3) is 11.8 Å². The summed E-state index contributed by atoms with van der Waals surface area (Å²) in [5, 5.41) is 7.93. The average Bonchev–Trinajstić information content (AvgIpc) is 3.15. The number of hydrogen-bond donors (Lipinski definition) is 3. The Labute approximate surface area is 294 Å². The molecular weight excluding hydrogens is 651 g/mol. The van der Waals surface area contributed by atoms with Crippen LogP contribution in [0.15, 0.2) is 144 Å². The van der Waals surface area contributed by atoms with Crippen molar-refractivity contribution in [1.29, 1.82) is 0 Å². The molecule has 0 heterocycles. The standard InChI is InChI=1S/C40H35N3O6S/c1-3-49-40(47)30-20-22-31(23-21-30)41-39(46)36(28-13-6-4-7-14-28)50-34-19-11-17-32(26-34)42-38(45)35(25-27-12-10-18-33(24-27)48-2)43-37(44)29-15-8-5-9-16-29/h4-26,36H,3H2,1-2H3,(H,41,46)(H,42,45)(H,43,44)/b35-25-. The van der Waals surface area contributed by atoms with Crippen molar-refractivity contribution in [2.75, 3.05) is 24.4 Å². The number of hydrogen-bond acceptors (Lipinski definition) is 7. The number of anilines is 2. The first kappa shape index (κ1) is 35.2. The van der Waals surface area contributed by atoms with E-state index >= 15 is 0 Å². The van der Waals surface area contributed by atoms with Gasteiger partial charge in [-0.15, -0.1) is 11.8 Å². The second-order valence-corrected chi connectivity index (χ2v) is 12.0. The smallest absolute Gasteiger partial charge is 0.338 e. The number of ether oxygens (including phenoxy) is 2. The van der Waals surface area contributed by atoms with Gasteiger partial charge >= 0.3 is 5.97 Å². The second kappa shape index (κ2) is 17.3. The first-order valence-corrected chi connectivity index (χ1v) is 16.6. The Kier molecular flexibility index (Phi) is 12.2. The van der Waals surface area contributed by atoms with Gasteiger partial charge in [0.05, 0.1) is 19.3 Å². The van der Waals surface area contributed by atoms with Crippen LogP contribution in [-0.4, -0.2) is 37.4 Å². The van der Waals surface area contributed by atoms with Crippen LogP contribution in [0.3, 0.4) is 0 Å². The van der Waals surface area contributed by atoms with Gasteiger partial charge in [0, 0.05) is 21.8 Å². The molecule has 0 spiro atoms. The van der Waals surface area contributed by atoms with E-state index in [0.717, 1.165) is 10.5 Å². The molecule has 0 saturated carbocycles. The van der Waals surface area contributed by atoms with Crippen LogP contribution < -0.4 is 20.7 Å². The number of carbonyl (C=O) groups excluding carboxylic acids is 4. The normalized spacial score (nSPS) is 11.5. The average molecular weight is 686 g/mol. The molecule has 1 atom stereocenters. The summed E-state index contributed by atoms with van der Waals surface area (Å²) < 4.78 is 10.4.